The maximum absolute atomic E-state index is 12.8. The van der Waals surface area contributed by atoms with E-state index in [0.717, 1.165) is 36.8 Å². The number of aromatic nitrogens is 3. The monoisotopic (exact) mass is 268 g/mol. The van der Waals surface area contributed by atoms with E-state index in [9.17, 15) is 4.39 Å². The summed E-state index contributed by atoms with van der Waals surface area (Å²) in [7, 11) is 0. The maximum Gasteiger partial charge on any atom is 0.147 e. The Balaban J connectivity index is 0.00000120. The Labute approximate surface area is 111 Å². The van der Waals surface area contributed by atoms with Crippen LogP contribution in [0.15, 0.2) is 24.3 Å². The van der Waals surface area contributed by atoms with E-state index in [-0.39, 0.29) is 18.2 Å². The summed E-state index contributed by atoms with van der Waals surface area (Å²) in [4.78, 5) is 0. The SMILES string of the molecule is Cl.Fc1ccc(Cc2nnc3n2CCNC3)cc1. The van der Waals surface area contributed by atoms with Crippen molar-refractivity contribution in [3.63, 3.8) is 0 Å². The zero-order chi connectivity index (χ0) is 11.7. The standard InChI is InChI=1S/C12H13FN4.ClH/c13-10-3-1-9(2-4-10)7-11-15-16-12-8-14-5-6-17(11)12;/h1-4,14H,5-8H2;1H. The topological polar surface area (TPSA) is 42.7 Å². The Morgan fingerprint density at radius 1 is 1.22 bits per heavy atom. The molecule has 3 rings (SSSR count). The molecular weight excluding hydrogens is 255 g/mol. The van der Waals surface area contributed by atoms with Crippen molar-refractivity contribution in [1.82, 2.24) is 20.1 Å². The molecule has 0 radical (unpaired) electrons. The molecule has 1 aliphatic heterocycles. The van der Waals surface area contributed by atoms with Crippen LogP contribution in [-0.4, -0.2) is 21.3 Å². The highest BCUT2D eigenvalue weighted by molar-refractivity contribution is 5.85. The second kappa shape index (κ2) is 5.46. The molecule has 2 aromatic rings. The van der Waals surface area contributed by atoms with Gasteiger partial charge in [-0.05, 0) is 17.7 Å². The minimum absolute atomic E-state index is 0. The predicted molar refractivity (Wildman–Crippen MR) is 68.2 cm³/mol. The molecule has 0 aliphatic carbocycles. The van der Waals surface area contributed by atoms with Gasteiger partial charge in [0.05, 0.1) is 6.54 Å². The van der Waals surface area contributed by atoms with Gasteiger partial charge in [-0.15, -0.1) is 22.6 Å². The average Bonchev–Trinajstić information content (AvgIpc) is 2.76. The zero-order valence-corrected chi connectivity index (χ0v) is 10.6. The number of fused-ring (bicyclic) bond motifs is 1. The van der Waals surface area contributed by atoms with E-state index in [0.29, 0.717) is 6.42 Å². The summed E-state index contributed by atoms with van der Waals surface area (Å²) in [5, 5.41) is 11.6. The lowest BCUT2D eigenvalue weighted by Crippen LogP contribution is -2.29. The number of nitrogens with zero attached hydrogens (tertiary/aromatic N) is 3. The second-order valence-corrected chi connectivity index (χ2v) is 4.16. The molecule has 1 N–H and O–H groups in total. The van der Waals surface area contributed by atoms with E-state index in [1.165, 1.54) is 12.1 Å². The first-order valence-electron chi connectivity index (χ1n) is 5.69. The highest BCUT2D eigenvalue weighted by Crippen LogP contribution is 2.12. The van der Waals surface area contributed by atoms with Crippen LogP contribution >= 0.6 is 12.4 Å². The van der Waals surface area contributed by atoms with Crippen LogP contribution in [-0.2, 0) is 19.5 Å². The van der Waals surface area contributed by atoms with E-state index < -0.39 is 0 Å². The smallest absolute Gasteiger partial charge is 0.147 e. The summed E-state index contributed by atoms with van der Waals surface area (Å²) >= 11 is 0. The highest BCUT2D eigenvalue weighted by atomic mass is 35.5. The van der Waals surface area contributed by atoms with Crippen LogP contribution in [0.25, 0.3) is 0 Å². The first-order chi connectivity index (χ1) is 8.33. The summed E-state index contributed by atoms with van der Waals surface area (Å²) in [5.41, 5.74) is 1.06. The summed E-state index contributed by atoms with van der Waals surface area (Å²) < 4.78 is 14.9. The Kier molecular flexibility index (Phi) is 3.93. The van der Waals surface area contributed by atoms with Crippen molar-refractivity contribution in [3.05, 3.63) is 47.3 Å². The number of hydrogen-bond donors (Lipinski definition) is 1. The lowest BCUT2D eigenvalue weighted by molar-refractivity contribution is 0.495. The molecule has 0 fully saturated rings. The van der Waals surface area contributed by atoms with Crippen molar-refractivity contribution >= 4 is 12.4 Å². The zero-order valence-electron chi connectivity index (χ0n) is 9.77. The molecule has 0 spiro atoms. The first-order valence-corrected chi connectivity index (χ1v) is 5.69. The third-order valence-electron chi connectivity index (χ3n) is 2.97. The number of hydrogen-bond acceptors (Lipinski definition) is 3. The molecule has 6 heteroatoms. The fourth-order valence-corrected chi connectivity index (χ4v) is 2.07. The number of benzene rings is 1. The van der Waals surface area contributed by atoms with Crippen LogP contribution in [0.3, 0.4) is 0 Å². The second-order valence-electron chi connectivity index (χ2n) is 4.16. The van der Waals surface area contributed by atoms with Gasteiger partial charge in [0.2, 0.25) is 0 Å². The highest BCUT2D eigenvalue weighted by Gasteiger charge is 2.15. The predicted octanol–water partition coefficient (Wildman–Crippen LogP) is 1.53. The number of nitrogens with one attached hydrogen (secondary N) is 1. The summed E-state index contributed by atoms with van der Waals surface area (Å²) in [6.07, 6.45) is 0.702. The van der Waals surface area contributed by atoms with Crippen LogP contribution in [0, 0.1) is 5.82 Å². The Bertz CT molecular complexity index is 523. The van der Waals surface area contributed by atoms with Crippen molar-refractivity contribution in [3.8, 4) is 0 Å². The van der Waals surface area contributed by atoms with E-state index in [4.69, 9.17) is 0 Å². The van der Waals surface area contributed by atoms with Gasteiger partial charge in [0.1, 0.15) is 17.5 Å². The Morgan fingerprint density at radius 3 is 2.78 bits per heavy atom. The first kappa shape index (κ1) is 13.0. The van der Waals surface area contributed by atoms with Crippen LogP contribution in [0.1, 0.15) is 17.2 Å². The van der Waals surface area contributed by atoms with Gasteiger partial charge in [-0.2, -0.15) is 0 Å². The van der Waals surface area contributed by atoms with Gasteiger partial charge < -0.3 is 9.88 Å². The van der Waals surface area contributed by atoms with E-state index >= 15 is 0 Å². The van der Waals surface area contributed by atoms with E-state index in [2.05, 4.69) is 20.1 Å². The molecule has 2 heterocycles. The molecule has 0 saturated heterocycles. The lowest BCUT2D eigenvalue weighted by atomic mass is 10.1. The summed E-state index contributed by atoms with van der Waals surface area (Å²) in [5.74, 6) is 1.72. The molecule has 0 amide bonds. The molecular formula is C12H14ClFN4. The van der Waals surface area contributed by atoms with E-state index in [1.54, 1.807) is 12.1 Å². The quantitative estimate of drug-likeness (QED) is 0.898. The van der Waals surface area contributed by atoms with Crippen molar-refractivity contribution < 1.29 is 4.39 Å². The van der Waals surface area contributed by atoms with Crippen LogP contribution in [0.4, 0.5) is 4.39 Å². The molecule has 96 valence electrons. The molecule has 18 heavy (non-hydrogen) atoms. The number of halogens is 2. The largest absolute Gasteiger partial charge is 0.312 e. The average molecular weight is 269 g/mol. The van der Waals surface area contributed by atoms with Crippen molar-refractivity contribution in [1.29, 1.82) is 0 Å². The minimum Gasteiger partial charge on any atom is -0.312 e. The van der Waals surface area contributed by atoms with E-state index in [1.807, 2.05) is 0 Å². The van der Waals surface area contributed by atoms with Gasteiger partial charge in [-0.25, -0.2) is 4.39 Å². The molecule has 0 saturated carbocycles. The Hall–Kier alpha value is -1.46. The summed E-state index contributed by atoms with van der Waals surface area (Å²) in [6, 6.07) is 6.53. The molecule has 4 nitrogen and oxygen atoms in total. The summed E-state index contributed by atoms with van der Waals surface area (Å²) in [6.45, 7) is 2.62. The molecule has 0 atom stereocenters. The minimum atomic E-state index is -0.207. The molecule has 1 aromatic heterocycles. The molecule has 1 aliphatic rings. The van der Waals surface area contributed by atoms with Crippen LogP contribution < -0.4 is 5.32 Å². The third-order valence-corrected chi connectivity index (χ3v) is 2.97. The normalized spacial score (nSPS) is 13.8. The van der Waals surface area contributed by atoms with Crippen LogP contribution in [0.2, 0.25) is 0 Å². The fourth-order valence-electron chi connectivity index (χ4n) is 2.07. The van der Waals surface area contributed by atoms with Crippen molar-refractivity contribution in [2.24, 2.45) is 0 Å². The van der Waals surface area contributed by atoms with Gasteiger partial charge in [0.25, 0.3) is 0 Å². The Morgan fingerprint density at radius 2 is 2.00 bits per heavy atom. The molecule has 1 aromatic carbocycles. The van der Waals surface area contributed by atoms with Gasteiger partial charge in [-0.3, -0.25) is 0 Å². The van der Waals surface area contributed by atoms with Gasteiger partial charge >= 0.3 is 0 Å². The van der Waals surface area contributed by atoms with Crippen molar-refractivity contribution in [2.75, 3.05) is 6.54 Å². The molecule has 0 bridgehead atoms. The lowest BCUT2D eigenvalue weighted by Gasteiger charge is -2.15. The van der Waals surface area contributed by atoms with Crippen molar-refractivity contribution in [2.45, 2.75) is 19.5 Å². The van der Waals surface area contributed by atoms with Gasteiger partial charge in [0, 0.05) is 19.5 Å². The molecule has 0 unspecified atom stereocenters. The fraction of sp³-hybridized carbons (Fsp3) is 0.333. The number of rotatable bonds is 2. The maximum atomic E-state index is 12.8. The third kappa shape index (κ3) is 2.52. The van der Waals surface area contributed by atoms with Gasteiger partial charge in [0.15, 0.2) is 0 Å². The van der Waals surface area contributed by atoms with Gasteiger partial charge in [-0.1, -0.05) is 12.1 Å². The van der Waals surface area contributed by atoms with Crippen LogP contribution in [0.5, 0.6) is 0 Å².